The van der Waals surface area contributed by atoms with Gasteiger partial charge in [0.2, 0.25) is 0 Å². The Morgan fingerprint density at radius 3 is 2.17 bits per heavy atom. The summed E-state index contributed by atoms with van der Waals surface area (Å²) in [7, 11) is 3.78. The van der Waals surface area contributed by atoms with Crippen molar-refractivity contribution in [2.75, 3.05) is 19.0 Å². The molecule has 0 amide bonds. The lowest BCUT2D eigenvalue weighted by Gasteiger charge is -2.18. The Morgan fingerprint density at radius 2 is 1.52 bits per heavy atom. The highest BCUT2D eigenvalue weighted by Gasteiger charge is 2.24. The summed E-state index contributed by atoms with van der Waals surface area (Å²) >= 11 is 19.3. The minimum atomic E-state index is 0.301. The normalized spacial score (nSPS) is 11.1. The molecule has 2 aromatic heterocycles. The van der Waals surface area contributed by atoms with Crippen LogP contribution in [0.1, 0.15) is 0 Å². The van der Waals surface area contributed by atoms with Crippen LogP contribution in [0.25, 0.3) is 33.3 Å². The lowest BCUT2D eigenvalue weighted by Crippen LogP contribution is -2.29. The van der Waals surface area contributed by atoms with Crippen molar-refractivity contribution in [3.63, 3.8) is 0 Å². The maximum absolute atomic E-state index is 12.9. The number of aromatic nitrogens is 2. The Bertz CT molecular complexity index is 1220. The molecule has 0 N–H and O–H groups in total. The van der Waals surface area contributed by atoms with Crippen LogP contribution in [0.3, 0.4) is 0 Å². The van der Waals surface area contributed by atoms with E-state index in [1.165, 1.54) is 6.20 Å². The second kappa shape index (κ2) is 7.71. The molecule has 0 bridgehead atoms. The number of nitrogens with zero attached hydrogens (tertiary/aromatic N) is 3. The Labute approximate surface area is 183 Å². The Balaban J connectivity index is 2.17. The molecule has 0 aliphatic heterocycles. The van der Waals surface area contributed by atoms with Gasteiger partial charge in [-0.1, -0.05) is 59.1 Å². The average Bonchev–Trinajstić information content (AvgIpc) is 2.69. The number of hydrogen-bond donors (Lipinski definition) is 0. The number of benzene rings is 2. The molecular weight excluding hydrogens is 429 g/mol. The van der Waals surface area contributed by atoms with Gasteiger partial charge in [0, 0.05) is 36.1 Å². The molecule has 0 fully saturated rings. The van der Waals surface area contributed by atoms with Gasteiger partial charge in [-0.05, 0) is 29.8 Å². The van der Waals surface area contributed by atoms with Gasteiger partial charge in [-0.2, -0.15) is 4.73 Å². The fourth-order valence-corrected chi connectivity index (χ4v) is 4.11. The number of anilines is 1. The summed E-state index contributed by atoms with van der Waals surface area (Å²) in [6.07, 6.45) is 1.44. The molecule has 2 heterocycles. The SMILES string of the molecule is CN(C)c1cc(-c2ccccc2Cl)c2cc[n+]([O-])c(-c3c(Cl)cccc3Cl)c2n1. The van der Waals surface area contributed by atoms with Crippen molar-refractivity contribution in [2.45, 2.75) is 0 Å². The van der Waals surface area contributed by atoms with Crippen LogP contribution >= 0.6 is 34.8 Å². The van der Waals surface area contributed by atoms with Crippen molar-refractivity contribution in [1.29, 1.82) is 0 Å². The van der Waals surface area contributed by atoms with Gasteiger partial charge >= 0.3 is 0 Å². The minimum absolute atomic E-state index is 0.301. The first-order valence-electron chi connectivity index (χ1n) is 8.82. The van der Waals surface area contributed by atoms with Crippen molar-refractivity contribution in [3.05, 3.63) is 81.1 Å². The second-order valence-electron chi connectivity index (χ2n) is 6.75. The lowest BCUT2D eigenvalue weighted by atomic mass is 9.99. The maximum atomic E-state index is 12.9. The van der Waals surface area contributed by atoms with Crippen LogP contribution in [-0.4, -0.2) is 19.1 Å². The molecule has 29 heavy (non-hydrogen) atoms. The van der Waals surface area contributed by atoms with E-state index in [-0.39, 0.29) is 0 Å². The number of halogens is 3. The fraction of sp³-hybridized carbons (Fsp3) is 0.0909. The number of hydrogen-bond acceptors (Lipinski definition) is 3. The molecule has 0 spiro atoms. The van der Waals surface area contributed by atoms with Gasteiger partial charge in [0.15, 0.2) is 6.20 Å². The predicted molar refractivity (Wildman–Crippen MR) is 121 cm³/mol. The van der Waals surface area contributed by atoms with E-state index in [0.29, 0.717) is 37.7 Å². The first-order valence-corrected chi connectivity index (χ1v) is 9.95. The van der Waals surface area contributed by atoms with E-state index < -0.39 is 0 Å². The fourth-order valence-electron chi connectivity index (χ4n) is 3.30. The Hall–Kier alpha value is -2.53. The minimum Gasteiger partial charge on any atom is -0.618 e. The average molecular weight is 445 g/mol. The summed E-state index contributed by atoms with van der Waals surface area (Å²) in [5.41, 5.74) is 2.97. The van der Waals surface area contributed by atoms with Crippen LogP contribution in [0.5, 0.6) is 0 Å². The molecule has 2 aromatic carbocycles. The molecule has 4 aromatic rings. The van der Waals surface area contributed by atoms with Gasteiger partial charge in [0.05, 0.1) is 15.6 Å². The summed E-state index contributed by atoms with van der Waals surface area (Å²) < 4.78 is 0.748. The monoisotopic (exact) mass is 443 g/mol. The molecular formula is C22H16Cl3N3O. The smallest absolute Gasteiger partial charge is 0.253 e. The molecule has 0 radical (unpaired) electrons. The highest BCUT2D eigenvalue weighted by molar-refractivity contribution is 6.39. The van der Waals surface area contributed by atoms with Gasteiger partial charge in [0.25, 0.3) is 5.69 Å². The third-order valence-electron chi connectivity index (χ3n) is 4.69. The maximum Gasteiger partial charge on any atom is 0.253 e. The zero-order valence-electron chi connectivity index (χ0n) is 15.7. The van der Waals surface area contributed by atoms with E-state index >= 15 is 0 Å². The summed E-state index contributed by atoms with van der Waals surface area (Å²) in [5, 5.41) is 15.0. The largest absolute Gasteiger partial charge is 0.618 e. The number of rotatable bonds is 3. The van der Waals surface area contributed by atoms with E-state index in [4.69, 9.17) is 39.8 Å². The molecule has 0 atom stereocenters. The quantitative estimate of drug-likeness (QED) is 0.278. The summed E-state index contributed by atoms with van der Waals surface area (Å²) in [6.45, 7) is 0. The van der Waals surface area contributed by atoms with Crippen LogP contribution in [0.4, 0.5) is 5.82 Å². The van der Waals surface area contributed by atoms with Crippen LogP contribution in [0, 0.1) is 5.21 Å². The Kier molecular flexibility index (Phi) is 5.26. The van der Waals surface area contributed by atoms with Gasteiger partial charge in [-0.3, -0.25) is 0 Å². The van der Waals surface area contributed by atoms with Crippen LogP contribution in [-0.2, 0) is 0 Å². The number of pyridine rings is 2. The van der Waals surface area contributed by atoms with E-state index in [0.717, 1.165) is 21.2 Å². The molecule has 146 valence electrons. The van der Waals surface area contributed by atoms with Gasteiger partial charge in [0.1, 0.15) is 11.3 Å². The zero-order valence-corrected chi connectivity index (χ0v) is 17.9. The third-order valence-corrected chi connectivity index (χ3v) is 5.65. The molecule has 0 aliphatic carbocycles. The van der Waals surface area contributed by atoms with E-state index in [2.05, 4.69) is 0 Å². The highest BCUT2D eigenvalue weighted by Crippen LogP contribution is 2.40. The van der Waals surface area contributed by atoms with Crippen molar-refractivity contribution in [3.8, 4) is 22.4 Å². The van der Waals surface area contributed by atoms with Gasteiger partial charge in [-0.15, -0.1) is 0 Å². The summed E-state index contributed by atoms with van der Waals surface area (Å²) in [4.78, 5) is 6.63. The van der Waals surface area contributed by atoms with Crippen LogP contribution in [0.2, 0.25) is 15.1 Å². The van der Waals surface area contributed by atoms with E-state index in [1.54, 1.807) is 24.3 Å². The Morgan fingerprint density at radius 1 is 0.862 bits per heavy atom. The first kappa shape index (κ1) is 19.8. The number of fused-ring (bicyclic) bond motifs is 1. The van der Waals surface area contributed by atoms with Crippen LogP contribution in [0.15, 0.2) is 60.8 Å². The van der Waals surface area contributed by atoms with E-state index in [1.807, 2.05) is 49.3 Å². The zero-order chi connectivity index (χ0) is 20.7. The van der Waals surface area contributed by atoms with Gasteiger partial charge in [-0.25, -0.2) is 4.98 Å². The third kappa shape index (κ3) is 3.48. The van der Waals surface area contributed by atoms with Crippen molar-refractivity contribution < 1.29 is 4.73 Å². The van der Waals surface area contributed by atoms with Crippen molar-refractivity contribution in [1.82, 2.24) is 4.98 Å². The van der Waals surface area contributed by atoms with E-state index in [9.17, 15) is 5.21 Å². The molecule has 0 saturated carbocycles. The molecule has 4 rings (SSSR count). The lowest BCUT2D eigenvalue weighted by molar-refractivity contribution is -0.592. The molecule has 7 heteroatoms. The van der Waals surface area contributed by atoms with Crippen molar-refractivity contribution in [2.24, 2.45) is 0 Å². The first-order chi connectivity index (χ1) is 13.9. The standard InChI is InChI=1S/C22H16Cl3N3O/c1-27(2)19-12-15(13-6-3-4-7-16(13)23)14-10-11-28(29)22(21(14)26-19)20-17(24)8-5-9-18(20)25/h3-12H,1-2H3. The topological polar surface area (TPSA) is 43.1 Å². The molecule has 0 saturated heterocycles. The van der Waals surface area contributed by atoms with Gasteiger partial charge < -0.3 is 10.1 Å². The summed E-state index contributed by atoms with van der Waals surface area (Å²) in [5.74, 6) is 0.683. The second-order valence-corrected chi connectivity index (χ2v) is 7.97. The van der Waals surface area contributed by atoms with Crippen molar-refractivity contribution >= 4 is 51.5 Å². The summed E-state index contributed by atoms with van der Waals surface area (Å²) in [6, 6.07) is 16.4. The van der Waals surface area contributed by atoms with Crippen LogP contribution < -0.4 is 9.63 Å². The molecule has 0 unspecified atom stereocenters. The highest BCUT2D eigenvalue weighted by atomic mass is 35.5. The predicted octanol–water partition coefficient (Wildman–Crippen LogP) is 6.23. The molecule has 4 nitrogen and oxygen atoms in total. The molecule has 0 aliphatic rings.